The summed E-state index contributed by atoms with van der Waals surface area (Å²) in [6, 6.07) is 7.26. The van der Waals surface area contributed by atoms with Gasteiger partial charge in [-0.3, -0.25) is 4.98 Å². The maximum absolute atomic E-state index is 12.7. The van der Waals surface area contributed by atoms with Gasteiger partial charge in [0.1, 0.15) is 5.75 Å². The predicted molar refractivity (Wildman–Crippen MR) is 61.2 cm³/mol. The first-order chi connectivity index (χ1) is 8.52. The number of hydrogen-bond donors (Lipinski definition) is 0. The number of ether oxygens (including phenoxy) is 1. The van der Waals surface area contributed by atoms with Crippen LogP contribution in [0.3, 0.4) is 0 Å². The monoisotopic (exact) mass is 253 g/mol. The fraction of sp³-hybridized carbons (Fsp3) is 0.154. The Morgan fingerprint density at radius 2 is 1.67 bits per heavy atom. The van der Waals surface area contributed by atoms with Gasteiger partial charge in [0.25, 0.3) is 0 Å². The Kier molecular flexibility index (Phi) is 3.23. The fourth-order valence-corrected chi connectivity index (χ4v) is 1.65. The summed E-state index contributed by atoms with van der Waals surface area (Å²) in [5, 5.41) is 0. The minimum atomic E-state index is -4.41. The zero-order valence-electron chi connectivity index (χ0n) is 9.53. The van der Waals surface area contributed by atoms with E-state index >= 15 is 0 Å². The van der Waals surface area contributed by atoms with E-state index in [2.05, 4.69) is 4.98 Å². The van der Waals surface area contributed by atoms with Crippen molar-refractivity contribution >= 4 is 0 Å². The average Bonchev–Trinajstić information content (AvgIpc) is 2.38. The Hall–Kier alpha value is -2.04. The number of rotatable bonds is 2. The first-order valence-corrected chi connectivity index (χ1v) is 5.18. The second kappa shape index (κ2) is 4.68. The van der Waals surface area contributed by atoms with Crippen LogP contribution >= 0.6 is 0 Å². The Labute approximate surface area is 102 Å². The molecule has 2 rings (SSSR count). The first kappa shape index (κ1) is 12.4. The first-order valence-electron chi connectivity index (χ1n) is 5.18. The van der Waals surface area contributed by atoms with Gasteiger partial charge in [0.05, 0.1) is 12.7 Å². The SMILES string of the molecule is COc1cc(-c2ccncc2)ccc1C(F)(F)F. The molecule has 0 bridgehead atoms. The van der Waals surface area contributed by atoms with Gasteiger partial charge in [0.2, 0.25) is 0 Å². The molecule has 18 heavy (non-hydrogen) atoms. The van der Waals surface area contributed by atoms with E-state index in [9.17, 15) is 13.2 Å². The fourth-order valence-electron chi connectivity index (χ4n) is 1.65. The normalized spacial score (nSPS) is 11.3. The van der Waals surface area contributed by atoms with Gasteiger partial charge >= 0.3 is 6.18 Å². The standard InChI is InChI=1S/C13H10F3NO/c1-18-12-8-10(9-4-6-17-7-5-9)2-3-11(12)13(14,15)16/h2-8H,1H3. The summed E-state index contributed by atoms with van der Waals surface area (Å²) >= 11 is 0. The van der Waals surface area contributed by atoms with Crippen LogP contribution in [0.4, 0.5) is 13.2 Å². The lowest BCUT2D eigenvalue weighted by atomic mass is 10.0. The molecule has 5 heteroatoms. The van der Waals surface area contributed by atoms with Crippen molar-refractivity contribution < 1.29 is 17.9 Å². The molecule has 0 N–H and O–H groups in total. The number of pyridine rings is 1. The van der Waals surface area contributed by atoms with E-state index in [1.165, 1.54) is 19.2 Å². The summed E-state index contributed by atoms with van der Waals surface area (Å²) < 4.78 is 42.8. The van der Waals surface area contributed by atoms with Crippen molar-refractivity contribution in [3.8, 4) is 16.9 Å². The van der Waals surface area contributed by atoms with Gasteiger partial charge in [0, 0.05) is 12.4 Å². The molecule has 0 aliphatic carbocycles. The van der Waals surface area contributed by atoms with Gasteiger partial charge < -0.3 is 4.74 Å². The summed E-state index contributed by atoms with van der Waals surface area (Å²) in [7, 11) is 1.22. The zero-order valence-corrected chi connectivity index (χ0v) is 9.53. The summed E-state index contributed by atoms with van der Waals surface area (Å²) in [5.41, 5.74) is 0.669. The Morgan fingerprint density at radius 3 is 2.22 bits per heavy atom. The molecule has 1 aromatic heterocycles. The molecule has 0 spiro atoms. The van der Waals surface area contributed by atoms with Crippen molar-refractivity contribution in [2.24, 2.45) is 0 Å². The van der Waals surface area contributed by atoms with Crippen LogP contribution in [0.25, 0.3) is 11.1 Å². The van der Waals surface area contributed by atoms with Gasteiger partial charge in [-0.25, -0.2) is 0 Å². The van der Waals surface area contributed by atoms with Crippen LogP contribution in [0.1, 0.15) is 5.56 Å². The molecule has 0 radical (unpaired) electrons. The molecule has 1 aromatic carbocycles. The maximum atomic E-state index is 12.7. The minimum Gasteiger partial charge on any atom is -0.496 e. The number of benzene rings is 1. The third kappa shape index (κ3) is 2.45. The van der Waals surface area contributed by atoms with Crippen molar-refractivity contribution in [2.45, 2.75) is 6.18 Å². The van der Waals surface area contributed by atoms with Crippen molar-refractivity contribution in [2.75, 3.05) is 7.11 Å². The van der Waals surface area contributed by atoms with E-state index in [0.717, 1.165) is 11.6 Å². The highest BCUT2D eigenvalue weighted by Gasteiger charge is 2.34. The summed E-state index contributed by atoms with van der Waals surface area (Å²) in [6.07, 6.45) is -1.25. The molecule has 0 saturated heterocycles. The molecule has 0 saturated carbocycles. The molecule has 0 amide bonds. The van der Waals surface area contributed by atoms with E-state index in [1.807, 2.05) is 0 Å². The van der Waals surface area contributed by atoms with Gasteiger partial charge in [-0.2, -0.15) is 13.2 Å². The Balaban J connectivity index is 2.49. The van der Waals surface area contributed by atoms with Crippen molar-refractivity contribution in [3.05, 3.63) is 48.3 Å². The largest absolute Gasteiger partial charge is 0.496 e. The highest BCUT2D eigenvalue weighted by atomic mass is 19.4. The quantitative estimate of drug-likeness (QED) is 0.812. The Morgan fingerprint density at radius 1 is 1.00 bits per heavy atom. The van der Waals surface area contributed by atoms with Crippen LogP contribution < -0.4 is 4.74 Å². The summed E-state index contributed by atoms with van der Waals surface area (Å²) in [5.74, 6) is -0.184. The van der Waals surface area contributed by atoms with E-state index in [4.69, 9.17) is 4.74 Å². The molecular weight excluding hydrogens is 243 g/mol. The van der Waals surface area contributed by atoms with Crippen LogP contribution in [0, 0.1) is 0 Å². The molecule has 0 aliphatic heterocycles. The molecule has 0 fully saturated rings. The van der Waals surface area contributed by atoms with Crippen LogP contribution in [0.5, 0.6) is 5.75 Å². The lowest BCUT2D eigenvalue weighted by molar-refractivity contribution is -0.138. The second-order valence-corrected chi connectivity index (χ2v) is 3.65. The smallest absolute Gasteiger partial charge is 0.419 e. The molecular formula is C13H10F3NO. The summed E-state index contributed by atoms with van der Waals surface area (Å²) in [4.78, 5) is 3.86. The maximum Gasteiger partial charge on any atom is 0.419 e. The lowest BCUT2D eigenvalue weighted by Gasteiger charge is -2.13. The molecule has 2 aromatic rings. The number of hydrogen-bond acceptors (Lipinski definition) is 2. The van der Waals surface area contributed by atoms with Gasteiger partial charge in [-0.15, -0.1) is 0 Å². The molecule has 0 aliphatic rings. The van der Waals surface area contributed by atoms with Crippen molar-refractivity contribution in [3.63, 3.8) is 0 Å². The van der Waals surface area contributed by atoms with Gasteiger partial charge in [-0.05, 0) is 35.4 Å². The van der Waals surface area contributed by atoms with Crippen LogP contribution in [0.2, 0.25) is 0 Å². The molecule has 0 unspecified atom stereocenters. The minimum absolute atomic E-state index is 0.184. The van der Waals surface area contributed by atoms with Crippen LogP contribution in [-0.4, -0.2) is 12.1 Å². The number of halogens is 3. The third-order valence-electron chi connectivity index (χ3n) is 2.52. The Bertz CT molecular complexity index is 538. The third-order valence-corrected chi connectivity index (χ3v) is 2.52. The lowest BCUT2D eigenvalue weighted by Crippen LogP contribution is -2.07. The number of alkyl halides is 3. The number of nitrogens with zero attached hydrogens (tertiary/aromatic N) is 1. The van der Waals surface area contributed by atoms with Crippen LogP contribution in [-0.2, 0) is 6.18 Å². The highest BCUT2D eigenvalue weighted by molar-refractivity contribution is 5.65. The second-order valence-electron chi connectivity index (χ2n) is 3.65. The highest BCUT2D eigenvalue weighted by Crippen LogP contribution is 2.38. The number of aromatic nitrogens is 1. The molecule has 0 atom stereocenters. The zero-order chi connectivity index (χ0) is 13.2. The summed E-state index contributed by atoms with van der Waals surface area (Å²) in [6.45, 7) is 0. The average molecular weight is 253 g/mol. The van der Waals surface area contributed by atoms with E-state index < -0.39 is 11.7 Å². The van der Waals surface area contributed by atoms with Crippen molar-refractivity contribution in [1.29, 1.82) is 0 Å². The van der Waals surface area contributed by atoms with Gasteiger partial charge in [0.15, 0.2) is 0 Å². The van der Waals surface area contributed by atoms with E-state index in [-0.39, 0.29) is 5.75 Å². The topological polar surface area (TPSA) is 22.1 Å². The predicted octanol–water partition coefficient (Wildman–Crippen LogP) is 3.78. The van der Waals surface area contributed by atoms with Crippen molar-refractivity contribution in [1.82, 2.24) is 4.98 Å². The van der Waals surface area contributed by atoms with Gasteiger partial charge in [-0.1, -0.05) is 6.07 Å². The number of methoxy groups -OCH3 is 1. The van der Waals surface area contributed by atoms with E-state index in [0.29, 0.717) is 5.56 Å². The van der Waals surface area contributed by atoms with E-state index in [1.54, 1.807) is 24.5 Å². The van der Waals surface area contributed by atoms with Crippen LogP contribution in [0.15, 0.2) is 42.7 Å². The molecule has 94 valence electrons. The molecule has 1 heterocycles. The molecule has 2 nitrogen and oxygen atoms in total.